The van der Waals surface area contributed by atoms with E-state index >= 15 is 0 Å². The van der Waals surface area contributed by atoms with Crippen LogP contribution in [0.4, 0.5) is 5.69 Å². The van der Waals surface area contributed by atoms with Crippen molar-refractivity contribution in [2.75, 3.05) is 38.1 Å². The topological polar surface area (TPSA) is 56.4 Å². The predicted octanol–water partition coefficient (Wildman–Crippen LogP) is 3.79. The Kier molecular flexibility index (Phi) is 5.55. The van der Waals surface area contributed by atoms with Crippen molar-refractivity contribution in [3.05, 3.63) is 81.1 Å². The van der Waals surface area contributed by atoms with Gasteiger partial charge in [0.1, 0.15) is 0 Å². The molecule has 4 rings (SSSR count). The summed E-state index contributed by atoms with van der Waals surface area (Å²) >= 11 is 0. The van der Waals surface area contributed by atoms with Gasteiger partial charge in [-0.2, -0.15) is 0 Å². The number of nitrogens with zero attached hydrogens (tertiary/aromatic N) is 2. The predicted molar refractivity (Wildman–Crippen MR) is 124 cm³/mol. The van der Waals surface area contributed by atoms with Crippen LogP contribution in [0, 0.1) is 13.8 Å². The number of piperazine rings is 1. The van der Waals surface area contributed by atoms with Crippen LogP contribution in [-0.4, -0.2) is 48.9 Å². The number of fused-ring (bicyclic) bond motifs is 1. The lowest BCUT2D eigenvalue weighted by molar-refractivity contribution is 0.104. The van der Waals surface area contributed by atoms with Gasteiger partial charge in [-0.3, -0.25) is 9.59 Å². The zero-order valence-corrected chi connectivity index (χ0v) is 17.7. The second-order valence-corrected chi connectivity index (χ2v) is 8.08. The lowest BCUT2D eigenvalue weighted by Crippen LogP contribution is -2.44. The molecule has 5 heteroatoms. The normalized spacial score (nSPS) is 15.2. The highest BCUT2D eigenvalue weighted by atomic mass is 16.1. The highest BCUT2D eigenvalue weighted by Gasteiger charge is 2.18. The molecule has 0 spiro atoms. The molecule has 0 unspecified atom stereocenters. The molecule has 0 bridgehead atoms. The van der Waals surface area contributed by atoms with Gasteiger partial charge in [0, 0.05) is 37.3 Å². The number of hydrogen-bond acceptors (Lipinski definition) is 4. The number of benzene rings is 2. The van der Waals surface area contributed by atoms with Gasteiger partial charge in [-0.15, -0.1) is 0 Å². The van der Waals surface area contributed by atoms with E-state index in [0.29, 0.717) is 0 Å². The number of ketones is 1. The summed E-state index contributed by atoms with van der Waals surface area (Å²) in [7, 11) is 2.13. The van der Waals surface area contributed by atoms with Crippen molar-refractivity contribution in [2.24, 2.45) is 0 Å². The van der Waals surface area contributed by atoms with E-state index < -0.39 is 0 Å². The first-order valence-corrected chi connectivity index (χ1v) is 10.3. The average molecular weight is 402 g/mol. The number of aromatic nitrogens is 1. The molecule has 0 radical (unpaired) electrons. The molecule has 2 heterocycles. The minimum absolute atomic E-state index is 0.207. The van der Waals surface area contributed by atoms with Crippen molar-refractivity contribution in [1.82, 2.24) is 9.88 Å². The number of aryl methyl sites for hydroxylation is 2. The molecule has 0 atom stereocenters. The lowest BCUT2D eigenvalue weighted by atomic mass is 10.0. The zero-order valence-electron chi connectivity index (χ0n) is 17.7. The Labute approximate surface area is 176 Å². The number of carbonyl (C=O) groups excluding carboxylic acids is 1. The standard InChI is InChI=1S/C25H27N3O2/c1-17-4-6-19(7-5-17)8-11-23(29)24-18(2)21-10-9-20(16-22(21)26-25(24)30)28-14-12-27(3)13-15-28/h4-11,16H,12-15H2,1-3H3,(H,26,30)/b11-8+. The molecule has 0 aliphatic carbocycles. The number of hydrogen-bond donors (Lipinski definition) is 1. The van der Waals surface area contributed by atoms with Crippen molar-refractivity contribution >= 4 is 28.4 Å². The number of rotatable bonds is 4. The SMILES string of the molecule is Cc1ccc(/C=C/C(=O)c2c(C)c3ccc(N4CCN(C)CC4)cc3[nH]c2=O)cc1. The second kappa shape index (κ2) is 8.28. The molecule has 1 saturated heterocycles. The third-order valence-corrected chi connectivity index (χ3v) is 5.88. The molecule has 0 amide bonds. The Morgan fingerprint density at radius 3 is 2.40 bits per heavy atom. The summed E-state index contributed by atoms with van der Waals surface area (Å²) in [5, 5.41) is 0.902. The van der Waals surface area contributed by atoms with E-state index in [1.54, 1.807) is 6.08 Å². The van der Waals surface area contributed by atoms with E-state index in [1.807, 2.05) is 50.2 Å². The molecule has 1 aliphatic rings. The van der Waals surface area contributed by atoms with Gasteiger partial charge < -0.3 is 14.8 Å². The van der Waals surface area contributed by atoms with Crippen LogP contribution in [-0.2, 0) is 0 Å². The first-order chi connectivity index (χ1) is 14.4. The van der Waals surface area contributed by atoms with E-state index in [-0.39, 0.29) is 16.9 Å². The van der Waals surface area contributed by atoms with Crippen molar-refractivity contribution < 1.29 is 4.79 Å². The highest BCUT2D eigenvalue weighted by Crippen LogP contribution is 2.25. The Hall–Kier alpha value is -3.18. The van der Waals surface area contributed by atoms with Gasteiger partial charge in [0.15, 0.2) is 5.78 Å². The molecule has 5 nitrogen and oxygen atoms in total. The summed E-state index contributed by atoms with van der Waals surface area (Å²) < 4.78 is 0. The minimum atomic E-state index is -0.339. The minimum Gasteiger partial charge on any atom is -0.369 e. The molecule has 1 aromatic heterocycles. The van der Waals surface area contributed by atoms with E-state index in [9.17, 15) is 9.59 Å². The first-order valence-electron chi connectivity index (χ1n) is 10.3. The molecule has 3 aromatic rings. The van der Waals surface area contributed by atoms with Crippen molar-refractivity contribution in [2.45, 2.75) is 13.8 Å². The molecular formula is C25H27N3O2. The van der Waals surface area contributed by atoms with Crippen LogP contribution in [0.5, 0.6) is 0 Å². The highest BCUT2D eigenvalue weighted by molar-refractivity contribution is 6.09. The number of pyridine rings is 1. The van der Waals surface area contributed by atoms with Gasteiger partial charge in [0.25, 0.3) is 5.56 Å². The number of H-pyrrole nitrogens is 1. The number of aromatic amines is 1. The average Bonchev–Trinajstić information content (AvgIpc) is 2.73. The number of nitrogens with one attached hydrogen (secondary N) is 1. The van der Waals surface area contributed by atoms with Crippen LogP contribution >= 0.6 is 0 Å². The monoisotopic (exact) mass is 401 g/mol. The lowest BCUT2D eigenvalue weighted by Gasteiger charge is -2.34. The summed E-state index contributed by atoms with van der Waals surface area (Å²) in [6.45, 7) is 7.84. The largest absolute Gasteiger partial charge is 0.369 e. The summed E-state index contributed by atoms with van der Waals surface area (Å²) in [5.74, 6) is -0.278. The maximum atomic E-state index is 12.8. The van der Waals surface area contributed by atoms with Crippen LogP contribution in [0.15, 0.2) is 53.3 Å². The zero-order chi connectivity index (χ0) is 21.3. The molecule has 0 saturated carbocycles. The van der Waals surface area contributed by atoms with E-state index in [1.165, 1.54) is 6.08 Å². The number of anilines is 1. The maximum Gasteiger partial charge on any atom is 0.259 e. The number of carbonyl (C=O) groups is 1. The summed E-state index contributed by atoms with van der Waals surface area (Å²) in [6, 6.07) is 14.0. The summed E-state index contributed by atoms with van der Waals surface area (Å²) in [6.07, 6.45) is 3.23. The van der Waals surface area contributed by atoms with Gasteiger partial charge in [-0.1, -0.05) is 42.0 Å². The summed E-state index contributed by atoms with van der Waals surface area (Å²) in [5.41, 5.74) is 4.55. The molecule has 30 heavy (non-hydrogen) atoms. The van der Waals surface area contributed by atoms with Crippen molar-refractivity contribution in [3.8, 4) is 0 Å². The smallest absolute Gasteiger partial charge is 0.259 e. The first kappa shape index (κ1) is 20.1. The van der Waals surface area contributed by atoms with Gasteiger partial charge in [-0.25, -0.2) is 0 Å². The van der Waals surface area contributed by atoms with Crippen LogP contribution in [0.1, 0.15) is 27.0 Å². The van der Waals surface area contributed by atoms with Gasteiger partial charge in [-0.05, 0) is 50.2 Å². The van der Waals surface area contributed by atoms with Crippen LogP contribution < -0.4 is 10.5 Å². The van der Waals surface area contributed by atoms with Crippen LogP contribution in [0.3, 0.4) is 0 Å². The Bertz CT molecular complexity index is 1170. The number of allylic oxidation sites excluding steroid dienone is 1. The van der Waals surface area contributed by atoms with Crippen molar-refractivity contribution in [3.63, 3.8) is 0 Å². The summed E-state index contributed by atoms with van der Waals surface area (Å²) in [4.78, 5) is 33.1. The third-order valence-electron chi connectivity index (χ3n) is 5.88. The van der Waals surface area contributed by atoms with Gasteiger partial charge >= 0.3 is 0 Å². The van der Waals surface area contributed by atoms with E-state index in [0.717, 1.165) is 59.5 Å². The number of likely N-dealkylation sites (N-methyl/N-ethyl adjacent to an activating group) is 1. The van der Waals surface area contributed by atoms with Crippen LogP contribution in [0.25, 0.3) is 17.0 Å². The van der Waals surface area contributed by atoms with Crippen molar-refractivity contribution in [1.29, 1.82) is 0 Å². The maximum absolute atomic E-state index is 12.8. The van der Waals surface area contributed by atoms with Gasteiger partial charge in [0.05, 0.1) is 11.1 Å². The van der Waals surface area contributed by atoms with Gasteiger partial charge in [0.2, 0.25) is 0 Å². The fourth-order valence-electron chi connectivity index (χ4n) is 3.94. The molecule has 1 aliphatic heterocycles. The van der Waals surface area contributed by atoms with Crippen LogP contribution in [0.2, 0.25) is 0 Å². The molecule has 2 aromatic carbocycles. The van der Waals surface area contributed by atoms with E-state index in [2.05, 4.69) is 27.9 Å². The second-order valence-electron chi connectivity index (χ2n) is 8.08. The Morgan fingerprint density at radius 1 is 1.00 bits per heavy atom. The molecule has 154 valence electrons. The quantitative estimate of drug-likeness (QED) is 0.534. The molecular weight excluding hydrogens is 374 g/mol. The molecule has 1 fully saturated rings. The Balaban J connectivity index is 1.64. The molecule has 1 N–H and O–H groups in total. The van der Waals surface area contributed by atoms with E-state index in [4.69, 9.17) is 0 Å². The third kappa shape index (κ3) is 4.07. The fraction of sp³-hybridized carbons (Fsp3) is 0.280. The fourth-order valence-corrected chi connectivity index (χ4v) is 3.94. The Morgan fingerprint density at radius 2 is 1.70 bits per heavy atom.